The third-order valence-electron chi connectivity index (χ3n) is 5.67. The van der Waals surface area contributed by atoms with E-state index >= 15 is 0 Å². The van der Waals surface area contributed by atoms with Gasteiger partial charge in [0.2, 0.25) is 5.91 Å². The van der Waals surface area contributed by atoms with Gasteiger partial charge in [-0.05, 0) is 31.2 Å². The van der Waals surface area contributed by atoms with Crippen LogP contribution in [0.1, 0.15) is 75.1 Å². The molecule has 150 valence electrons. The van der Waals surface area contributed by atoms with Gasteiger partial charge in [-0.15, -0.1) is 10.2 Å². The summed E-state index contributed by atoms with van der Waals surface area (Å²) in [5.41, 5.74) is 1.24. The molecule has 2 saturated carbocycles. The molecule has 1 aromatic heterocycles. The number of benzene rings is 1. The molecule has 6 heteroatoms. The highest BCUT2D eigenvalue weighted by molar-refractivity contribution is 7.99. The van der Waals surface area contributed by atoms with Crippen molar-refractivity contribution < 1.29 is 4.79 Å². The number of hydrogen-bond acceptors (Lipinski definition) is 4. The van der Waals surface area contributed by atoms with E-state index in [-0.39, 0.29) is 5.91 Å². The Morgan fingerprint density at radius 3 is 2.43 bits per heavy atom. The van der Waals surface area contributed by atoms with Crippen molar-refractivity contribution >= 4 is 17.7 Å². The molecule has 0 spiro atoms. The van der Waals surface area contributed by atoms with E-state index < -0.39 is 0 Å². The SMILES string of the molecule is O=C(CSc1nnc(C2CC2)n1Cc1ccccc1)NC1CCCCCCC1. The van der Waals surface area contributed by atoms with Gasteiger partial charge in [0.05, 0.1) is 12.3 Å². The van der Waals surface area contributed by atoms with Gasteiger partial charge in [-0.2, -0.15) is 0 Å². The van der Waals surface area contributed by atoms with Crippen molar-refractivity contribution in [2.24, 2.45) is 0 Å². The number of rotatable bonds is 7. The van der Waals surface area contributed by atoms with Crippen molar-refractivity contribution in [1.29, 1.82) is 0 Å². The van der Waals surface area contributed by atoms with Crippen LogP contribution in [0.3, 0.4) is 0 Å². The Balaban J connectivity index is 1.36. The van der Waals surface area contributed by atoms with E-state index in [0.717, 1.165) is 30.4 Å². The van der Waals surface area contributed by atoms with E-state index in [1.165, 1.54) is 62.3 Å². The maximum absolute atomic E-state index is 12.5. The van der Waals surface area contributed by atoms with Gasteiger partial charge in [0.1, 0.15) is 5.82 Å². The monoisotopic (exact) mass is 398 g/mol. The summed E-state index contributed by atoms with van der Waals surface area (Å²) in [5, 5.41) is 13.0. The molecule has 0 radical (unpaired) electrons. The fourth-order valence-corrected chi connectivity index (χ4v) is 4.72. The average molecular weight is 399 g/mol. The van der Waals surface area contributed by atoms with Gasteiger partial charge < -0.3 is 9.88 Å². The fourth-order valence-electron chi connectivity index (χ4n) is 3.96. The van der Waals surface area contributed by atoms with Crippen LogP contribution >= 0.6 is 11.8 Å². The van der Waals surface area contributed by atoms with Crippen LogP contribution in [0, 0.1) is 0 Å². The lowest BCUT2D eigenvalue weighted by Crippen LogP contribution is -2.36. The van der Waals surface area contributed by atoms with Crippen LogP contribution in [0.15, 0.2) is 35.5 Å². The summed E-state index contributed by atoms with van der Waals surface area (Å²) in [6, 6.07) is 10.8. The lowest BCUT2D eigenvalue weighted by molar-refractivity contribution is -0.119. The van der Waals surface area contributed by atoms with Crippen molar-refractivity contribution in [3.05, 3.63) is 41.7 Å². The van der Waals surface area contributed by atoms with E-state index in [2.05, 4.69) is 44.3 Å². The molecular formula is C22H30N4OS. The van der Waals surface area contributed by atoms with Gasteiger partial charge in [-0.1, -0.05) is 74.2 Å². The minimum Gasteiger partial charge on any atom is -0.353 e. The zero-order valence-electron chi connectivity index (χ0n) is 16.5. The quantitative estimate of drug-likeness (QED) is 0.697. The van der Waals surface area contributed by atoms with Crippen LogP contribution in [-0.2, 0) is 11.3 Å². The number of aromatic nitrogens is 3. The fraction of sp³-hybridized carbons (Fsp3) is 0.591. The maximum atomic E-state index is 12.5. The number of carbonyl (C=O) groups is 1. The lowest BCUT2D eigenvalue weighted by Gasteiger charge is -2.20. The Hall–Kier alpha value is -1.82. The molecule has 28 heavy (non-hydrogen) atoms. The summed E-state index contributed by atoms with van der Waals surface area (Å²) in [6.07, 6.45) is 11.0. The van der Waals surface area contributed by atoms with E-state index in [9.17, 15) is 4.79 Å². The van der Waals surface area contributed by atoms with Crippen LogP contribution in [0.2, 0.25) is 0 Å². The standard InChI is InChI=1S/C22H30N4OS/c27-20(23-19-11-7-2-1-3-8-12-19)16-28-22-25-24-21(18-13-14-18)26(22)15-17-9-5-4-6-10-17/h4-6,9-10,18-19H,1-3,7-8,11-16H2,(H,23,27). The normalized spacial score (nSPS) is 18.4. The Kier molecular flexibility index (Phi) is 6.68. The largest absolute Gasteiger partial charge is 0.353 e. The molecule has 0 bridgehead atoms. The second-order valence-electron chi connectivity index (χ2n) is 8.09. The Bertz CT molecular complexity index is 764. The van der Waals surface area contributed by atoms with Gasteiger partial charge in [0.25, 0.3) is 0 Å². The molecule has 1 amide bonds. The molecule has 0 atom stereocenters. The summed E-state index contributed by atoms with van der Waals surface area (Å²) < 4.78 is 2.21. The summed E-state index contributed by atoms with van der Waals surface area (Å²) in [6.45, 7) is 0.770. The molecule has 2 aliphatic rings. The number of nitrogens with one attached hydrogen (secondary N) is 1. The van der Waals surface area contributed by atoms with Crippen LogP contribution in [-0.4, -0.2) is 32.5 Å². The topological polar surface area (TPSA) is 59.8 Å². The van der Waals surface area contributed by atoms with E-state index in [4.69, 9.17) is 0 Å². The van der Waals surface area contributed by atoms with E-state index in [1.807, 2.05) is 6.07 Å². The number of amides is 1. The highest BCUT2D eigenvalue weighted by atomic mass is 32.2. The first-order valence-corrected chi connectivity index (χ1v) is 11.7. The van der Waals surface area contributed by atoms with Crippen LogP contribution in [0.5, 0.6) is 0 Å². The van der Waals surface area contributed by atoms with Gasteiger partial charge >= 0.3 is 0 Å². The molecule has 1 aromatic carbocycles. The van der Waals surface area contributed by atoms with Gasteiger partial charge in [0.15, 0.2) is 5.16 Å². The molecule has 1 heterocycles. The molecule has 0 unspecified atom stereocenters. The summed E-state index contributed by atoms with van der Waals surface area (Å²) in [4.78, 5) is 12.5. The first-order valence-electron chi connectivity index (χ1n) is 10.7. The zero-order chi connectivity index (χ0) is 19.2. The summed E-state index contributed by atoms with van der Waals surface area (Å²) in [7, 11) is 0. The minimum absolute atomic E-state index is 0.123. The third kappa shape index (κ3) is 5.37. The molecule has 5 nitrogen and oxygen atoms in total. The van der Waals surface area contributed by atoms with Crippen LogP contribution in [0.25, 0.3) is 0 Å². The second kappa shape index (κ2) is 9.59. The van der Waals surface area contributed by atoms with Gasteiger partial charge in [-0.25, -0.2) is 0 Å². The van der Waals surface area contributed by atoms with Crippen molar-refractivity contribution in [2.75, 3.05) is 5.75 Å². The highest BCUT2D eigenvalue weighted by Gasteiger charge is 2.30. The zero-order valence-corrected chi connectivity index (χ0v) is 17.3. The third-order valence-corrected chi connectivity index (χ3v) is 6.64. The molecule has 1 N–H and O–H groups in total. The Labute approximate surface area is 171 Å². The second-order valence-corrected chi connectivity index (χ2v) is 9.03. The number of carbonyl (C=O) groups excluding carboxylic acids is 1. The molecule has 0 aliphatic heterocycles. The first kappa shape index (κ1) is 19.5. The van der Waals surface area contributed by atoms with Crippen molar-refractivity contribution in [3.8, 4) is 0 Å². The molecule has 4 rings (SSSR count). The number of nitrogens with zero attached hydrogens (tertiary/aromatic N) is 3. The summed E-state index contributed by atoms with van der Waals surface area (Å²) >= 11 is 1.52. The smallest absolute Gasteiger partial charge is 0.230 e. The van der Waals surface area contributed by atoms with Gasteiger partial charge in [-0.3, -0.25) is 4.79 Å². The maximum Gasteiger partial charge on any atom is 0.230 e. The summed E-state index contributed by atoms with van der Waals surface area (Å²) in [5.74, 6) is 2.15. The number of hydrogen-bond donors (Lipinski definition) is 1. The molecule has 0 saturated heterocycles. The predicted octanol–water partition coefficient (Wildman–Crippen LogP) is 4.53. The van der Waals surface area contributed by atoms with Crippen molar-refractivity contribution in [2.45, 2.75) is 81.4 Å². The van der Waals surface area contributed by atoms with Crippen LogP contribution < -0.4 is 5.32 Å². The molecular weight excluding hydrogens is 368 g/mol. The molecule has 2 fully saturated rings. The van der Waals surface area contributed by atoms with Crippen LogP contribution in [0.4, 0.5) is 0 Å². The predicted molar refractivity (Wildman–Crippen MR) is 113 cm³/mol. The number of thioether (sulfide) groups is 1. The minimum atomic E-state index is 0.123. The molecule has 2 aromatic rings. The lowest BCUT2D eigenvalue weighted by atomic mass is 9.97. The first-order chi connectivity index (χ1) is 13.8. The Morgan fingerprint density at radius 1 is 1.00 bits per heavy atom. The average Bonchev–Trinajstić information content (AvgIpc) is 3.45. The molecule has 2 aliphatic carbocycles. The van der Waals surface area contributed by atoms with Gasteiger partial charge in [0, 0.05) is 12.0 Å². The van der Waals surface area contributed by atoms with E-state index in [0.29, 0.717) is 17.7 Å². The van der Waals surface area contributed by atoms with E-state index in [1.54, 1.807) is 0 Å². The highest BCUT2D eigenvalue weighted by Crippen LogP contribution is 2.40. The Morgan fingerprint density at radius 2 is 1.71 bits per heavy atom. The van der Waals surface area contributed by atoms with Crippen molar-refractivity contribution in [1.82, 2.24) is 20.1 Å². The van der Waals surface area contributed by atoms with Crippen molar-refractivity contribution in [3.63, 3.8) is 0 Å².